The first kappa shape index (κ1) is 14.7. The molecular weight excluding hydrogens is 282 g/mol. The Hall–Kier alpha value is -1.67. The topological polar surface area (TPSA) is 40.0 Å². The highest BCUT2D eigenvalue weighted by atomic mass is 19.4. The molecule has 0 N–H and O–H groups in total. The molecule has 2 rings (SSSR count). The second-order valence-corrected chi connectivity index (χ2v) is 3.88. The van der Waals surface area contributed by atoms with Crippen molar-refractivity contribution in [1.29, 1.82) is 0 Å². The predicted octanol–water partition coefficient (Wildman–Crippen LogP) is 2.48. The summed E-state index contributed by atoms with van der Waals surface area (Å²) in [6, 6.07) is 4.46. The van der Waals surface area contributed by atoms with E-state index in [4.69, 9.17) is 9.47 Å². The number of halogens is 4. The SMILES string of the molecule is Fc1ccccc1C(=NOCC1OCCO1)C(F)(F)F. The third kappa shape index (κ3) is 3.67. The van der Waals surface area contributed by atoms with E-state index in [1.54, 1.807) is 0 Å². The lowest BCUT2D eigenvalue weighted by atomic mass is 10.1. The molecule has 1 aromatic carbocycles. The van der Waals surface area contributed by atoms with Crippen LogP contribution in [0.4, 0.5) is 17.6 Å². The summed E-state index contributed by atoms with van der Waals surface area (Å²) >= 11 is 0. The molecule has 1 aromatic rings. The van der Waals surface area contributed by atoms with Crippen LogP contribution in [0.3, 0.4) is 0 Å². The number of benzene rings is 1. The van der Waals surface area contributed by atoms with E-state index in [1.165, 1.54) is 12.1 Å². The Kier molecular flexibility index (Phi) is 4.56. The van der Waals surface area contributed by atoms with Crippen LogP contribution in [0.1, 0.15) is 5.56 Å². The van der Waals surface area contributed by atoms with Gasteiger partial charge in [-0.1, -0.05) is 17.3 Å². The summed E-state index contributed by atoms with van der Waals surface area (Å²) < 4.78 is 61.9. The predicted molar refractivity (Wildman–Crippen MR) is 60.6 cm³/mol. The van der Waals surface area contributed by atoms with Gasteiger partial charge in [-0.15, -0.1) is 0 Å². The highest BCUT2D eigenvalue weighted by Crippen LogP contribution is 2.24. The van der Waals surface area contributed by atoms with E-state index in [2.05, 4.69) is 9.99 Å². The van der Waals surface area contributed by atoms with Gasteiger partial charge >= 0.3 is 6.18 Å². The van der Waals surface area contributed by atoms with Crippen LogP contribution in [0.15, 0.2) is 29.4 Å². The van der Waals surface area contributed by atoms with Crippen LogP contribution in [0.5, 0.6) is 0 Å². The monoisotopic (exact) mass is 293 g/mol. The molecule has 0 saturated carbocycles. The standard InChI is InChI=1S/C12H11F4NO3/c13-9-4-2-1-3-8(9)11(12(14,15)16)17-20-7-10-18-5-6-19-10/h1-4,10H,5-7H2. The van der Waals surface area contributed by atoms with Crippen molar-refractivity contribution in [2.75, 3.05) is 19.8 Å². The second-order valence-electron chi connectivity index (χ2n) is 3.88. The smallest absolute Gasteiger partial charge is 0.390 e. The number of alkyl halides is 3. The van der Waals surface area contributed by atoms with E-state index in [0.29, 0.717) is 13.2 Å². The first-order valence-corrected chi connectivity index (χ1v) is 5.74. The molecule has 1 fully saturated rings. The van der Waals surface area contributed by atoms with Gasteiger partial charge in [-0.3, -0.25) is 0 Å². The largest absolute Gasteiger partial charge is 0.437 e. The molecule has 0 amide bonds. The lowest BCUT2D eigenvalue weighted by Gasteiger charge is -2.12. The minimum Gasteiger partial charge on any atom is -0.390 e. The highest BCUT2D eigenvalue weighted by molar-refractivity contribution is 6.04. The summed E-state index contributed by atoms with van der Waals surface area (Å²) in [4.78, 5) is 4.57. The average Bonchev–Trinajstić information content (AvgIpc) is 2.88. The first-order chi connectivity index (χ1) is 9.48. The Morgan fingerprint density at radius 1 is 1.25 bits per heavy atom. The number of hydrogen-bond acceptors (Lipinski definition) is 4. The van der Waals surface area contributed by atoms with Crippen molar-refractivity contribution < 1.29 is 31.9 Å². The van der Waals surface area contributed by atoms with Crippen molar-refractivity contribution in [3.63, 3.8) is 0 Å². The van der Waals surface area contributed by atoms with Gasteiger partial charge < -0.3 is 14.3 Å². The van der Waals surface area contributed by atoms with E-state index in [1.807, 2.05) is 0 Å². The van der Waals surface area contributed by atoms with Crippen LogP contribution in [-0.2, 0) is 14.3 Å². The third-order valence-corrected chi connectivity index (χ3v) is 2.45. The number of oxime groups is 1. The molecule has 4 nitrogen and oxygen atoms in total. The van der Waals surface area contributed by atoms with Gasteiger partial charge in [0.15, 0.2) is 18.6 Å². The molecular formula is C12H11F4NO3. The molecule has 110 valence electrons. The van der Waals surface area contributed by atoms with E-state index >= 15 is 0 Å². The van der Waals surface area contributed by atoms with Gasteiger partial charge in [0.05, 0.1) is 13.2 Å². The minimum atomic E-state index is -4.83. The molecule has 1 saturated heterocycles. The Bertz CT molecular complexity index is 484. The summed E-state index contributed by atoms with van der Waals surface area (Å²) in [5.41, 5.74) is -2.11. The van der Waals surface area contributed by atoms with Gasteiger partial charge in [0, 0.05) is 5.56 Å². The Morgan fingerprint density at radius 3 is 2.50 bits per heavy atom. The molecule has 0 bridgehead atoms. The third-order valence-electron chi connectivity index (χ3n) is 2.45. The molecule has 1 heterocycles. The molecule has 0 aromatic heterocycles. The summed E-state index contributed by atoms with van der Waals surface area (Å²) in [5, 5.41) is 2.98. The van der Waals surface area contributed by atoms with Gasteiger partial charge in [-0.05, 0) is 12.1 Å². The highest BCUT2D eigenvalue weighted by Gasteiger charge is 2.39. The Labute approximate surface area is 111 Å². The van der Waals surface area contributed by atoms with Crippen LogP contribution in [0, 0.1) is 5.82 Å². The number of hydrogen-bond donors (Lipinski definition) is 0. The first-order valence-electron chi connectivity index (χ1n) is 5.74. The van der Waals surface area contributed by atoms with E-state index in [0.717, 1.165) is 12.1 Å². The Balaban J connectivity index is 2.13. The van der Waals surface area contributed by atoms with Gasteiger partial charge in [0.25, 0.3) is 0 Å². The maximum absolute atomic E-state index is 13.4. The molecule has 1 aliphatic rings. The summed E-state index contributed by atoms with van der Waals surface area (Å²) in [6.07, 6.45) is -5.59. The van der Waals surface area contributed by atoms with Crippen molar-refractivity contribution in [1.82, 2.24) is 0 Å². The van der Waals surface area contributed by atoms with E-state index in [9.17, 15) is 17.6 Å². The van der Waals surface area contributed by atoms with Crippen LogP contribution >= 0.6 is 0 Å². The van der Waals surface area contributed by atoms with Crippen molar-refractivity contribution in [2.45, 2.75) is 12.5 Å². The maximum Gasteiger partial charge on any atom is 0.437 e. The normalized spacial score (nSPS) is 17.5. The fourth-order valence-corrected chi connectivity index (χ4v) is 1.57. The second kappa shape index (κ2) is 6.19. The maximum atomic E-state index is 13.4. The number of ether oxygens (including phenoxy) is 2. The zero-order valence-corrected chi connectivity index (χ0v) is 10.2. The number of nitrogens with zero attached hydrogens (tertiary/aromatic N) is 1. The van der Waals surface area contributed by atoms with Gasteiger partial charge in [-0.25, -0.2) is 4.39 Å². The quantitative estimate of drug-likeness (QED) is 0.486. The fourth-order valence-electron chi connectivity index (χ4n) is 1.57. The van der Waals surface area contributed by atoms with Crippen molar-refractivity contribution in [3.8, 4) is 0 Å². The molecule has 0 aliphatic carbocycles. The van der Waals surface area contributed by atoms with Crippen molar-refractivity contribution in [3.05, 3.63) is 35.6 Å². The fraction of sp³-hybridized carbons (Fsp3) is 0.417. The van der Waals surface area contributed by atoms with Crippen LogP contribution in [0.25, 0.3) is 0 Å². The molecule has 0 spiro atoms. The molecule has 1 aliphatic heterocycles. The van der Waals surface area contributed by atoms with E-state index in [-0.39, 0.29) is 6.61 Å². The van der Waals surface area contributed by atoms with Gasteiger partial charge in [-0.2, -0.15) is 13.2 Å². The lowest BCUT2D eigenvalue weighted by molar-refractivity contribution is -0.0979. The molecule has 0 radical (unpaired) electrons. The van der Waals surface area contributed by atoms with E-state index < -0.39 is 29.6 Å². The zero-order valence-electron chi connectivity index (χ0n) is 10.2. The average molecular weight is 293 g/mol. The Morgan fingerprint density at radius 2 is 1.90 bits per heavy atom. The molecule has 20 heavy (non-hydrogen) atoms. The van der Waals surface area contributed by atoms with Crippen LogP contribution < -0.4 is 0 Å². The molecule has 8 heteroatoms. The van der Waals surface area contributed by atoms with Crippen LogP contribution in [0.2, 0.25) is 0 Å². The number of rotatable bonds is 4. The summed E-state index contributed by atoms with van der Waals surface area (Å²) in [7, 11) is 0. The van der Waals surface area contributed by atoms with Gasteiger partial charge in [0.1, 0.15) is 5.82 Å². The minimum absolute atomic E-state index is 0.298. The van der Waals surface area contributed by atoms with Crippen molar-refractivity contribution in [2.24, 2.45) is 5.16 Å². The summed E-state index contributed by atoms with van der Waals surface area (Å²) in [6.45, 7) is 0.391. The van der Waals surface area contributed by atoms with Crippen molar-refractivity contribution >= 4 is 5.71 Å². The lowest BCUT2D eigenvalue weighted by Crippen LogP contribution is -2.26. The molecule has 0 unspecified atom stereocenters. The molecule has 0 atom stereocenters. The summed E-state index contributed by atoms with van der Waals surface area (Å²) in [5.74, 6) is -1.03. The van der Waals surface area contributed by atoms with Crippen LogP contribution in [-0.4, -0.2) is 38.0 Å². The zero-order chi connectivity index (χ0) is 14.6. The van der Waals surface area contributed by atoms with Gasteiger partial charge in [0.2, 0.25) is 0 Å².